The lowest BCUT2D eigenvalue weighted by molar-refractivity contribution is 0.436. The Labute approximate surface area is 296 Å². The Kier molecular flexibility index (Phi) is 5.91. The van der Waals surface area contributed by atoms with Crippen molar-refractivity contribution >= 4 is 21.8 Å². The number of hydrogen-bond acceptors (Lipinski definition) is 1. The van der Waals surface area contributed by atoms with Crippen molar-refractivity contribution in [1.82, 2.24) is 4.57 Å². The highest BCUT2D eigenvalue weighted by Gasteiger charge is 2.51. The van der Waals surface area contributed by atoms with Crippen molar-refractivity contribution in [2.75, 3.05) is 0 Å². The Hall–Kier alpha value is -6.64. The minimum atomic E-state index is -0.512. The molecular formula is C49H31NO. The number of ether oxygens (including phenoxy) is 1. The van der Waals surface area contributed by atoms with E-state index in [4.69, 9.17) is 4.74 Å². The number of fused-ring (bicyclic) bond motifs is 12. The van der Waals surface area contributed by atoms with Gasteiger partial charge in [-0.1, -0.05) is 152 Å². The second-order valence-electron chi connectivity index (χ2n) is 13.6. The first-order valence-corrected chi connectivity index (χ1v) is 17.6. The van der Waals surface area contributed by atoms with Crippen molar-refractivity contribution < 1.29 is 4.74 Å². The van der Waals surface area contributed by atoms with Crippen LogP contribution in [0.2, 0.25) is 0 Å². The lowest BCUT2D eigenvalue weighted by Crippen LogP contribution is -2.32. The molecule has 2 aliphatic rings. The summed E-state index contributed by atoms with van der Waals surface area (Å²) in [5.74, 6) is 1.80. The summed E-state index contributed by atoms with van der Waals surface area (Å²) < 4.78 is 9.18. The molecule has 8 aromatic carbocycles. The van der Waals surface area contributed by atoms with E-state index in [1.165, 1.54) is 71.9 Å². The molecule has 0 radical (unpaired) electrons. The number of nitrogens with zero attached hydrogens (tertiary/aromatic N) is 1. The zero-order chi connectivity index (χ0) is 33.5. The van der Waals surface area contributed by atoms with Crippen LogP contribution in [-0.2, 0) is 5.41 Å². The van der Waals surface area contributed by atoms with E-state index in [2.05, 4.69) is 193 Å². The molecule has 238 valence electrons. The molecule has 51 heavy (non-hydrogen) atoms. The molecule has 1 aromatic heterocycles. The average Bonchev–Trinajstić information content (AvgIpc) is 3.70. The van der Waals surface area contributed by atoms with Gasteiger partial charge in [-0.2, -0.15) is 0 Å². The standard InChI is InChI=1S/C49H31NO/c1-2-15-33(16-3-1)50-45-27-12-8-21-38(45)40-23-14-22-39(48(40)50)35-18-5-4-17-34(35)32-29-30-47-44(31-32)49(43-26-11-13-28-46(43)51-47)41-24-9-6-19-36(41)37-20-7-10-25-42(37)49/h1-31H. The average molecular weight is 650 g/mol. The van der Waals surface area contributed by atoms with Gasteiger partial charge in [-0.3, -0.25) is 0 Å². The predicted octanol–water partition coefficient (Wildman–Crippen LogP) is 12.6. The van der Waals surface area contributed by atoms with Gasteiger partial charge in [0, 0.05) is 33.2 Å². The van der Waals surface area contributed by atoms with Crippen molar-refractivity contribution in [3.05, 3.63) is 210 Å². The fourth-order valence-electron chi connectivity index (χ4n) is 9.07. The van der Waals surface area contributed by atoms with Crippen LogP contribution in [0.1, 0.15) is 22.3 Å². The first-order chi connectivity index (χ1) is 25.3. The van der Waals surface area contributed by atoms with Gasteiger partial charge in [-0.05, 0) is 75.3 Å². The van der Waals surface area contributed by atoms with Gasteiger partial charge in [0.2, 0.25) is 0 Å². The number of rotatable bonds is 3. The summed E-state index contributed by atoms with van der Waals surface area (Å²) >= 11 is 0. The third kappa shape index (κ3) is 3.82. The summed E-state index contributed by atoms with van der Waals surface area (Å²) in [6, 6.07) is 68.3. The SMILES string of the molecule is c1ccc(-n2c3ccccc3c3cccc(-c4ccccc4-c4ccc5c(c4)C4(c6ccccc6O5)c5ccccc5-c5ccccc54)c32)cc1. The Bertz CT molecular complexity index is 2800. The van der Waals surface area contributed by atoms with Crippen LogP contribution in [0.3, 0.4) is 0 Å². The zero-order valence-electron chi connectivity index (χ0n) is 27.8. The quantitative estimate of drug-likeness (QED) is 0.186. The summed E-state index contributed by atoms with van der Waals surface area (Å²) in [6.07, 6.45) is 0. The number of benzene rings is 8. The minimum absolute atomic E-state index is 0.512. The van der Waals surface area contributed by atoms with Gasteiger partial charge in [-0.15, -0.1) is 0 Å². The molecule has 2 heteroatoms. The van der Waals surface area contributed by atoms with Crippen molar-refractivity contribution in [2.24, 2.45) is 0 Å². The maximum Gasteiger partial charge on any atom is 0.132 e. The number of para-hydroxylation sites is 4. The molecule has 0 atom stereocenters. The van der Waals surface area contributed by atoms with E-state index in [0.29, 0.717) is 0 Å². The number of aromatic nitrogens is 1. The number of hydrogen-bond donors (Lipinski definition) is 0. The molecule has 0 saturated heterocycles. The molecule has 9 aromatic rings. The van der Waals surface area contributed by atoms with Gasteiger partial charge in [0.25, 0.3) is 0 Å². The van der Waals surface area contributed by atoms with Crippen molar-refractivity contribution in [2.45, 2.75) is 5.41 Å². The van der Waals surface area contributed by atoms with Crippen LogP contribution < -0.4 is 4.74 Å². The molecule has 0 N–H and O–H groups in total. The van der Waals surface area contributed by atoms with E-state index in [-0.39, 0.29) is 0 Å². The van der Waals surface area contributed by atoms with E-state index >= 15 is 0 Å². The fourth-order valence-corrected chi connectivity index (χ4v) is 9.07. The van der Waals surface area contributed by atoms with Crippen LogP contribution in [-0.4, -0.2) is 4.57 Å². The Morgan fingerprint density at radius 1 is 0.373 bits per heavy atom. The van der Waals surface area contributed by atoms with Gasteiger partial charge in [0.05, 0.1) is 16.4 Å². The summed E-state index contributed by atoms with van der Waals surface area (Å²) in [5.41, 5.74) is 15.3. The minimum Gasteiger partial charge on any atom is -0.457 e. The largest absolute Gasteiger partial charge is 0.457 e. The highest BCUT2D eigenvalue weighted by atomic mass is 16.5. The molecule has 1 aliphatic carbocycles. The molecule has 2 nitrogen and oxygen atoms in total. The van der Waals surface area contributed by atoms with Crippen molar-refractivity contribution in [3.8, 4) is 50.6 Å². The van der Waals surface area contributed by atoms with E-state index in [9.17, 15) is 0 Å². The highest BCUT2D eigenvalue weighted by Crippen LogP contribution is 2.62. The molecule has 0 amide bonds. The highest BCUT2D eigenvalue weighted by molar-refractivity contribution is 6.14. The molecule has 11 rings (SSSR count). The van der Waals surface area contributed by atoms with E-state index in [1.54, 1.807) is 0 Å². The van der Waals surface area contributed by atoms with Gasteiger partial charge >= 0.3 is 0 Å². The van der Waals surface area contributed by atoms with Gasteiger partial charge < -0.3 is 9.30 Å². The van der Waals surface area contributed by atoms with Gasteiger partial charge in [0.1, 0.15) is 11.5 Å². The van der Waals surface area contributed by atoms with Crippen LogP contribution in [0.4, 0.5) is 0 Å². The third-order valence-corrected chi connectivity index (χ3v) is 11.1. The molecule has 1 spiro atoms. The molecule has 0 fully saturated rings. The molecule has 0 saturated carbocycles. The lowest BCUT2D eigenvalue weighted by Gasteiger charge is -2.39. The first-order valence-electron chi connectivity index (χ1n) is 17.6. The third-order valence-electron chi connectivity index (χ3n) is 11.1. The predicted molar refractivity (Wildman–Crippen MR) is 209 cm³/mol. The smallest absolute Gasteiger partial charge is 0.132 e. The van der Waals surface area contributed by atoms with E-state index in [1.807, 2.05) is 0 Å². The van der Waals surface area contributed by atoms with Crippen LogP contribution in [0.25, 0.3) is 60.9 Å². The Morgan fingerprint density at radius 3 is 1.73 bits per heavy atom. The summed E-state index contributed by atoms with van der Waals surface area (Å²) in [7, 11) is 0. The molecule has 2 heterocycles. The van der Waals surface area contributed by atoms with Crippen LogP contribution in [0, 0.1) is 0 Å². The topological polar surface area (TPSA) is 14.2 Å². The lowest BCUT2D eigenvalue weighted by atomic mass is 9.65. The van der Waals surface area contributed by atoms with Crippen LogP contribution >= 0.6 is 0 Å². The molecule has 0 unspecified atom stereocenters. The molecule has 1 aliphatic heterocycles. The summed E-state index contributed by atoms with van der Waals surface area (Å²) in [4.78, 5) is 0. The monoisotopic (exact) mass is 649 g/mol. The van der Waals surface area contributed by atoms with Crippen LogP contribution in [0.5, 0.6) is 11.5 Å². The van der Waals surface area contributed by atoms with E-state index < -0.39 is 5.41 Å². The normalized spacial score (nSPS) is 13.4. The fraction of sp³-hybridized carbons (Fsp3) is 0.0204. The Morgan fingerprint density at radius 2 is 0.941 bits per heavy atom. The van der Waals surface area contributed by atoms with Crippen molar-refractivity contribution in [1.29, 1.82) is 0 Å². The van der Waals surface area contributed by atoms with E-state index in [0.717, 1.165) is 22.7 Å². The second-order valence-corrected chi connectivity index (χ2v) is 13.6. The maximum absolute atomic E-state index is 6.75. The molecule has 0 bridgehead atoms. The van der Waals surface area contributed by atoms with Gasteiger partial charge in [-0.25, -0.2) is 0 Å². The summed E-state index contributed by atoms with van der Waals surface area (Å²) in [5, 5.41) is 2.50. The summed E-state index contributed by atoms with van der Waals surface area (Å²) in [6.45, 7) is 0. The van der Waals surface area contributed by atoms with Crippen molar-refractivity contribution in [3.63, 3.8) is 0 Å². The maximum atomic E-state index is 6.75. The van der Waals surface area contributed by atoms with Gasteiger partial charge in [0.15, 0.2) is 0 Å². The molecular weight excluding hydrogens is 619 g/mol. The second kappa shape index (κ2) is 10.7. The first kappa shape index (κ1) is 28.2. The Balaban J connectivity index is 1.19. The van der Waals surface area contributed by atoms with Crippen LogP contribution in [0.15, 0.2) is 188 Å². The zero-order valence-corrected chi connectivity index (χ0v) is 27.8.